The molecule has 0 aromatic rings. The lowest BCUT2D eigenvalue weighted by atomic mass is 9.88. The first kappa shape index (κ1) is 9.49. The number of allylic oxidation sites excluding steroid dienone is 4. The Balaban J connectivity index is 2.44. The summed E-state index contributed by atoms with van der Waals surface area (Å²) in [5, 5.41) is 8.27. The van der Waals surface area contributed by atoms with E-state index in [0.717, 1.165) is 0 Å². The molecule has 0 radical (unpaired) electrons. The lowest BCUT2D eigenvalue weighted by Gasteiger charge is -2.19. The fourth-order valence-electron chi connectivity index (χ4n) is 1.34. The maximum Gasteiger partial charge on any atom is 0.0853 e. The summed E-state index contributed by atoms with van der Waals surface area (Å²) in [7, 11) is 0. The van der Waals surface area contributed by atoms with Gasteiger partial charge in [-0.1, -0.05) is 38.2 Å². The molecule has 1 atom stereocenters. The zero-order chi connectivity index (χ0) is 8.97. The predicted molar refractivity (Wildman–Crippen MR) is 48.7 cm³/mol. The molecule has 2 heteroatoms. The Labute approximate surface area is 73.5 Å². The van der Waals surface area contributed by atoms with Crippen LogP contribution in [0.1, 0.15) is 13.8 Å². The molecule has 0 aromatic carbocycles. The van der Waals surface area contributed by atoms with Gasteiger partial charge < -0.3 is 0 Å². The van der Waals surface area contributed by atoms with E-state index in [9.17, 15) is 0 Å². The summed E-state index contributed by atoms with van der Waals surface area (Å²) in [5.41, 5.74) is 0. The van der Waals surface area contributed by atoms with Gasteiger partial charge in [0.05, 0.1) is 6.61 Å². The van der Waals surface area contributed by atoms with Gasteiger partial charge in [-0.3, -0.25) is 5.26 Å². The maximum atomic E-state index is 8.27. The quantitative estimate of drug-likeness (QED) is 0.398. The van der Waals surface area contributed by atoms with E-state index in [-0.39, 0.29) is 0 Å². The van der Waals surface area contributed by atoms with Crippen molar-refractivity contribution in [1.82, 2.24) is 0 Å². The van der Waals surface area contributed by atoms with E-state index in [2.05, 4.69) is 43.0 Å². The number of hydrogen-bond donors (Lipinski definition) is 1. The first-order valence-corrected chi connectivity index (χ1v) is 4.37. The molecular weight excluding hydrogens is 152 g/mol. The summed E-state index contributed by atoms with van der Waals surface area (Å²) in [6.45, 7) is 4.61. The Kier molecular flexibility index (Phi) is 3.50. The van der Waals surface area contributed by atoms with Crippen LogP contribution >= 0.6 is 0 Å². The van der Waals surface area contributed by atoms with E-state index in [0.29, 0.717) is 24.4 Å². The number of hydrogen-bond acceptors (Lipinski definition) is 2. The molecule has 0 bridgehead atoms. The molecule has 0 spiro atoms. The second-order valence-corrected chi connectivity index (χ2v) is 3.48. The van der Waals surface area contributed by atoms with Gasteiger partial charge in [0, 0.05) is 0 Å². The Morgan fingerprint density at radius 2 is 1.92 bits per heavy atom. The van der Waals surface area contributed by atoms with Gasteiger partial charge in [0.2, 0.25) is 0 Å². The van der Waals surface area contributed by atoms with Gasteiger partial charge >= 0.3 is 0 Å². The lowest BCUT2D eigenvalue weighted by molar-refractivity contribution is -0.251. The van der Waals surface area contributed by atoms with Gasteiger partial charge in [-0.25, -0.2) is 4.89 Å². The van der Waals surface area contributed by atoms with Crippen molar-refractivity contribution in [3.8, 4) is 0 Å². The van der Waals surface area contributed by atoms with Gasteiger partial charge in [0.25, 0.3) is 0 Å². The molecule has 1 aliphatic rings. The first-order valence-electron chi connectivity index (χ1n) is 4.37. The molecule has 0 heterocycles. The smallest absolute Gasteiger partial charge is 0.0853 e. The fourth-order valence-corrected chi connectivity index (χ4v) is 1.34. The van der Waals surface area contributed by atoms with Crippen molar-refractivity contribution in [1.29, 1.82) is 0 Å². The van der Waals surface area contributed by atoms with Gasteiger partial charge in [-0.2, -0.15) is 0 Å². The molecular formula is C10H16O2. The zero-order valence-electron chi connectivity index (χ0n) is 7.60. The third-order valence-electron chi connectivity index (χ3n) is 2.27. The van der Waals surface area contributed by atoms with Crippen LogP contribution in [0.25, 0.3) is 0 Å². The van der Waals surface area contributed by atoms with Crippen LogP contribution in [0.5, 0.6) is 0 Å². The van der Waals surface area contributed by atoms with E-state index >= 15 is 0 Å². The molecule has 0 aliphatic heterocycles. The van der Waals surface area contributed by atoms with Crippen LogP contribution in [0, 0.1) is 17.8 Å². The summed E-state index contributed by atoms with van der Waals surface area (Å²) in [6.07, 6.45) is 8.71. The van der Waals surface area contributed by atoms with Gasteiger partial charge in [-0.15, -0.1) is 0 Å². The summed E-state index contributed by atoms with van der Waals surface area (Å²) >= 11 is 0. The van der Waals surface area contributed by atoms with Crippen LogP contribution in [-0.2, 0) is 4.89 Å². The molecule has 2 nitrogen and oxygen atoms in total. The largest absolute Gasteiger partial charge is 0.252 e. The van der Waals surface area contributed by atoms with Crippen molar-refractivity contribution in [2.24, 2.45) is 17.8 Å². The zero-order valence-corrected chi connectivity index (χ0v) is 7.60. The highest BCUT2D eigenvalue weighted by molar-refractivity contribution is 5.13. The van der Waals surface area contributed by atoms with Crippen molar-refractivity contribution in [3.63, 3.8) is 0 Å². The lowest BCUT2D eigenvalue weighted by Crippen LogP contribution is -2.14. The van der Waals surface area contributed by atoms with Crippen LogP contribution in [0.4, 0.5) is 0 Å². The molecule has 0 fully saturated rings. The van der Waals surface area contributed by atoms with Crippen LogP contribution < -0.4 is 0 Å². The Hall–Kier alpha value is -0.600. The van der Waals surface area contributed by atoms with Gasteiger partial charge in [0.15, 0.2) is 0 Å². The second kappa shape index (κ2) is 4.43. The van der Waals surface area contributed by atoms with E-state index < -0.39 is 0 Å². The Morgan fingerprint density at radius 1 is 1.33 bits per heavy atom. The van der Waals surface area contributed by atoms with Crippen molar-refractivity contribution in [3.05, 3.63) is 24.3 Å². The molecule has 1 N–H and O–H groups in total. The van der Waals surface area contributed by atoms with Crippen molar-refractivity contribution < 1.29 is 10.1 Å². The summed E-state index contributed by atoms with van der Waals surface area (Å²) in [4.78, 5) is 4.12. The normalized spacial score (nSPS) is 30.6. The number of rotatable bonds is 3. The summed E-state index contributed by atoms with van der Waals surface area (Å²) < 4.78 is 0. The average molecular weight is 168 g/mol. The SMILES string of the molecule is CC1C=CC(C(C)COO)C=C1. The highest BCUT2D eigenvalue weighted by Crippen LogP contribution is 2.21. The minimum atomic E-state index is 0.343. The van der Waals surface area contributed by atoms with Crippen LogP contribution in [0.15, 0.2) is 24.3 Å². The monoisotopic (exact) mass is 168 g/mol. The molecule has 12 heavy (non-hydrogen) atoms. The fraction of sp³-hybridized carbons (Fsp3) is 0.600. The van der Waals surface area contributed by atoms with E-state index in [1.807, 2.05) is 0 Å². The standard InChI is InChI=1S/C10H16O2/c1-8-3-5-10(6-4-8)9(2)7-12-11/h3-6,8-11H,7H2,1-2H3. The third kappa shape index (κ3) is 2.47. The van der Waals surface area contributed by atoms with E-state index in [1.54, 1.807) is 0 Å². The third-order valence-corrected chi connectivity index (χ3v) is 2.27. The molecule has 1 aliphatic carbocycles. The Morgan fingerprint density at radius 3 is 2.42 bits per heavy atom. The molecule has 0 amide bonds. The minimum absolute atomic E-state index is 0.343. The topological polar surface area (TPSA) is 29.5 Å². The predicted octanol–water partition coefficient (Wildman–Crippen LogP) is 2.49. The Bertz CT molecular complexity index is 170. The van der Waals surface area contributed by atoms with E-state index in [4.69, 9.17) is 5.26 Å². The van der Waals surface area contributed by atoms with Gasteiger partial charge in [0.1, 0.15) is 0 Å². The van der Waals surface area contributed by atoms with Crippen LogP contribution in [-0.4, -0.2) is 11.9 Å². The van der Waals surface area contributed by atoms with Gasteiger partial charge in [-0.05, 0) is 17.8 Å². The van der Waals surface area contributed by atoms with Crippen molar-refractivity contribution in [2.75, 3.05) is 6.61 Å². The molecule has 1 unspecified atom stereocenters. The molecule has 1 rings (SSSR count). The molecule has 0 saturated carbocycles. The minimum Gasteiger partial charge on any atom is -0.252 e. The van der Waals surface area contributed by atoms with Crippen LogP contribution in [0.2, 0.25) is 0 Å². The highest BCUT2D eigenvalue weighted by Gasteiger charge is 2.14. The second-order valence-electron chi connectivity index (χ2n) is 3.48. The summed E-state index contributed by atoms with van der Waals surface area (Å²) in [5.74, 6) is 1.30. The molecule has 68 valence electrons. The first-order chi connectivity index (χ1) is 5.74. The molecule has 0 aromatic heterocycles. The molecule has 0 saturated heterocycles. The van der Waals surface area contributed by atoms with Crippen LogP contribution in [0.3, 0.4) is 0 Å². The maximum absolute atomic E-state index is 8.27. The highest BCUT2D eigenvalue weighted by atomic mass is 17.1. The average Bonchev–Trinajstić information content (AvgIpc) is 2.06. The van der Waals surface area contributed by atoms with E-state index in [1.165, 1.54) is 0 Å². The van der Waals surface area contributed by atoms with Crippen molar-refractivity contribution >= 4 is 0 Å². The summed E-state index contributed by atoms with van der Waals surface area (Å²) in [6, 6.07) is 0. The van der Waals surface area contributed by atoms with Crippen molar-refractivity contribution in [2.45, 2.75) is 13.8 Å².